The molecule has 8 heteroatoms. The molecule has 1 aliphatic heterocycles. The van der Waals surface area contributed by atoms with Gasteiger partial charge in [-0.25, -0.2) is 18.5 Å². The SMILES string of the molecule is NS(=O)(=O)c1ccc(N2C(=O)C[C@H](c3ccccc3)C2=O)c(Br)c1. The Balaban J connectivity index is 1.98. The summed E-state index contributed by atoms with van der Waals surface area (Å²) in [7, 11) is -3.86. The Hall–Kier alpha value is -2.03. The highest BCUT2D eigenvalue weighted by Crippen LogP contribution is 2.37. The fourth-order valence-corrected chi connectivity index (χ4v) is 3.92. The van der Waals surface area contributed by atoms with E-state index < -0.39 is 15.9 Å². The Kier molecular flexibility index (Phi) is 4.29. The number of carbonyl (C=O) groups is 2. The minimum atomic E-state index is -3.86. The number of imide groups is 1. The van der Waals surface area contributed by atoms with Crippen molar-refractivity contribution in [3.05, 3.63) is 58.6 Å². The molecule has 1 aliphatic rings. The molecule has 0 saturated carbocycles. The second kappa shape index (κ2) is 6.12. The Morgan fingerprint density at radius 2 is 1.75 bits per heavy atom. The van der Waals surface area contributed by atoms with Gasteiger partial charge in [0.05, 0.1) is 16.5 Å². The van der Waals surface area contributed by atoms with Crippen LogP contribution < -0.4 is 10.0 Å². The van der Waals surface area contributed by atoms with Crippen molar-refractivity contribution >= 4 is 43.5 Å². The van der Waals surface area contributed by atoms with Gasteiger partial charge >= 0.3 is 0 Å². The maximum absolute atomic E-state index is 12.7. The number of nitrogens with zero attached hydrogens (tertiary/aromatic N) is 1. The van der Waals surface area contributed by atoms with E-state index in [9.17, 15) is 18.0 Å². The average Bonchev–Trinajstić information content (AvgIpc) is 2.82. The van der Waals surface area contributed by atoms with Gasteiger partial charge in [-0.15, -0.1) is 0 Å². The van der Waals surface area contributed by atoms with Gasteiger partial charge in [-0.3, -0.25) is 9.59 Å². The van der Waals surface area contributed by atoms with Crippen LogP contribution in [0.4, 0.5) is 5.69 Å². The van der Waals surface area contributed by atoms with Crippen molar-refractivity contribution in [1.29, 1.82) is 0 Å². The molecule has 1 atom stereocenters. The summed E-state index contributed by atoms with van der Waals surface area (Å²) in [5.41, 5.74) is 1.08. The molecule has 6 nitrogen and oxygen atoms in total. The van der Waals surface area contributed by atoms with E-state index in [1.165, 1.54) is 18.2 Å². The van der Waals surface area contributed by atoms with Crippen molar-refractivity contribution in [2.45, 2.75) is 17.2 Å². The third-order valence-electron chi connectivity index (χ3n) is 3.84. The zero-order chi connectivity index (χ0) is 17.5. The van der Waals surface area contributed by atoms with Crippen LogP contribution in [0, 0.1) is 0 Å². The van der Waals surface area contributed by atoms with Crippen molar-refractivity contribution in [2.75, 3.05) is 4.90 Å². The summed E-state index contributed by atoms with van der Waals surface area (Å²) in [5, 5.41) is 5.09. The molecule has 2 amide bonds. The monoisotopic (exact) mass is 408 g/mol. The standard InChI is InChI=1S/C16H13BrN2O4S/c17-13-8-11(24(18,22)23)6-7-14(13)19-15(20)9-12(16(19)21)10-4-2-1-3-5-10/h1-8,12H,9H2,(H2,18,22,23)/t12-/m1/s1. The van der Waals surface area contributed by atoms with Crippen LogP contribution >= 0.6 is 15.9 Å². The van der Waals surface area contributed by atoms with Crippen LogP contribution in [-0.4, -0.2) is 20.2 Å². The van der Waals surface area contributed by atoms with Gasteiger partial charge in [-0.1, -0.05) is 30.3 Å². The first-order valence-electron chi connectivity index (χ1n) is 7.03. The van der Waals surface area contributed by atoms with E-state index in [4.69, 9.17) is 5.14 Å². The van der Waals surface area contributed by atoms with Crippen LogP contribution in [0.3, 0.4) is 0 Å². The van der Waals surface area contributed by atoms with Gasteiger partial charge in [-0.2, -0.15) is 0 Å². The molecule has 1 saturated heterocycles. The van der Waals surface area contributed by atoms with Crippen molar-refractivity contribution in [3.8, 4) is 0 Å². The quantitative estimate of drug-likeness (QED) is 0.786. The molecule has 0 aromatic heterocycles. The summed E-state index contributed by atoms with van der Waals surface area (Å²) in [5.74, 6) is -1.21. The smallest absolute Gasteiger partial charge is 0.241 e. The minimum absolute atomic E-state index is 0.0756. The van der Waals surface area contributed by atoms with Crippen molar-refractivity contribution in [2.24, 2.45) is 5.14 Å². The summed E-state index contributed by atoms with van der Waals surface area (Å²) < 4.78 is 23.1. The number of hydrogen-bond donors (Lipinski definition) is 1. The lowest BCUT2D eigenvalue weighted by molar-refractivity contribution is -0.121. The van der Waals surface area contributed by atoms with Crippen LogP contribution in [0.5, 0.6) is 0 Å². The molecule has 0 spiro atoms. The molecule has 0 bridgehead atoms. The lowest BCUT2D eigenvalue weighted by atomic mass is 9.98. The topological polar surface area (TPSA) is 97.5 Å². The van der Waals surface area contributed by atoms with E-state index >= 15 is 0 Å². The van der Waals surface area contributed by atoms with E-state index in [1.54, 1.807) is 12.1 Å². The van der Waals surface area contributed by atoms with Gasteiger partial charge in [0.25, 0.3) is 0 Å². The molecule has 124 valence electrons. The molecule has 0 unspecified atom stereocenters. The molecular formula is C16H13BrN2O4S. The second-order valence-electron chi connectivity index (χ2n) is 5.39. The molecule has 1 fully saturated rings. The normalized spacial score (nSPS) is 18.2. The highest BCUT2D eigenvalue weighted by Gasteiger charge is 2.41. The molecule has 2 N–H and O–H groups in total. The maximum Gasteiger partial charge on any atom is 0.241 e. The molecule has 0 radical (unpaired) electrons. The van der Waals surface area contributed by atoms with Gasteiger partial charge in [0.2, 0.25) is 21.8 Å². The van der Waals surface area contributed by atoms with E-state index in [0.717, 1.165) is 10.5 Å². The summed E-state index contributed by atoms with van der Waals surface area (Å²) in [6.07, 6.45) is 0.0756. The average molecular weight is 409 g/mol. The third kappa shape index (κ3) is 3.00. The Morgan fingerprint density at radius 1 is 1.08 bits per heavy atom. The number of benzene rings is 2. The van der Waals surface area contributed by atoms with Gasteiger partial charge in [0.1, 0.15) is 0 Å². The molecule has 2 aromatic rings. The van der Waals surface area contributed by atoms with Crippen molar-refractivity contribution < 1.29 is 18.0 Å². The Labute approximate surface area is 147 Å². The van der Waals surface area contributed by atoms with Gasteiger partial charge in [0, 0.05) is 10.9 Å². The number of primary sulfonamides is 1. The predicted octanol–water partition coefficient (Wildman–Crippen LogP) is 2.14. The number of amides is 2. The molecule has 2 aromatic carbocycles. The highest BCUT2D eigenvalue weighted by molar-refractivity contribution is 9.10. The van der Waals surface area contributed by atoms with Crippen molar-refractivity contribution in [1.82, 2.24) is 0 Å². The maximum atomic E-state index is 12.7. The number of carbonyl (C=O) groups excluding carboxylic acids is 2. The van der Waals surface area contributed by atoms with Crippen LogP contribution in [0.2, 0.25) is 0 Å². The summed E-state index contributed by atoms with van der Waals surface area (Å²) in [6.45, 7) is 0. The summed E-state index contributed by atoms with van der Waals surface area (Å²) >= 11 is 3.21. The van der Waals surface area contributed by atoms with Gasteiger partial charge in [0.15, 0.2) is 0 Å². The molecular weight excluding hydrogens is 396 g/mol. The first-order chi connectivity index (χ1) is 11.3. The molecule has 1 heterocycles. The molecule has 0 aliphatic carbocycles. The largest absolute Gasteiger partial charge is 0.274 e. The van der Waals surface area contributed by atoms with Gasteiger partial charge < -0.3 is 0 Å². The molecule has 3 rings (SSSR count). The number of sulfonamides is 1. The van der Waals surface area contributed by atoms with Crippen LogP contribution in [0.25, 0.3) is 0 Å². The lowest BCUT2D eigenvalue weighted by Crippen LogP contribution is -2.30. The fraction of sp³-hybridized carbons (Fsp3) is 0.125. The number of halogens is 1. The van der Waals surface area contributed by atoms with E-state index in [-0.39, 0.29) is 23.1 Å². The van der Waals surface area contributed by atoms with Gasteiger partial charge in [-0.05, 0) is 39.7 Å². The highest BCUT2D eigenvalue weighted by atomic mass is 79.9. The van der Waals surface area contributed by atoms with E-state index in [2.05, 4.69) is 15.9 Å². The second-order valence-corrected chi connectivity index (χ2v) is 7.81. The van der Waals surface area contributed by atoms with E-state index in [0.29, 0.717) is 10.2 Å². The third-order valence-corrected chi connectivity index (χ3v) is 5.38. The summed E-state index contributed by atoms with van der Waals surface area (Å²) in [4.78, 5) is 26.0. The first kappa shape index (κ1) is 16.8. The van der Waals surface area contributed by atoms with Crippen LogP contribution in [-0.2, 0) is 19.6 Å². The number of anilines is 1. The lowest BCUT2D eigenvalue weighted by Gasteiger charge is -2.17. The Bertz CT molecular complexity index is 928. The Morgan fingerprint density at radius 3 is 2.33 bits per heavy atom. The zero-order valence-corrected chi connectivity index (χ0v) is 14.7. The van der Waals surface area contributed by atoms with Crippen molar-refractivity contribution in [3.63, 3.8) is 0 Å². The number of nitrogens with two attached hydrogens (primary N) is 1. The minimum Gasteiger partial charge on any atom is -0.274 e. The zero-order valence-electron chi connectivity index (χ0n) is 12.3. The van der Waals surface area contributed by atoms with E-state index in [1.807, 2.05) is 18.2 Å². The molecule has 24 heavy (non-hydrogen) atoms. The number of rotatable bonds is 3. The number of hydrogen-bond acceptors (Lipinski definition) is 4. The predicted molar refractivity (Wildman–Crippen MR) is 91.8 cm³/mol. The first-order valence-corrected chi connectivity index (χ1v) is 9.37. The fourth-order valence-electron chi connectivity index (χ4n) is 2.68. The van der Waals surface area contributed by atoms with Crippen LogP contribution in [0.15, 0.2) is 57.9 Å². The van der Waals surface area contributed by atoms with Crippen LogP contribution in [0.1, 0.15) is 17.9 Å². The summed E-state index contributed by atoms with van der Waals surface area (Å²) in [6, 6.07) is 13.0.